The van der Waals surface area contributed by atoms with Crippen molar-refractivity contribution in [3.05, 3.63) is 24.0 Å². The summed E-state index contributed by atoms with van der Waals surface area (Å²) in [4.78, 5) is 25.5. The fourth-order valence-corrected chi connectivity index (χ4v) is 6.44. The van der Waals surface area contributed by atoms with Crippen LogP contribution in [0.25, 0.3) is 11.0 Å². The number of esters is 1. The van der Waals surface area contributed by atoms with Crippen LogP contribution in [-0.4, -0.2) is 91.7 Å². The van der Waals surface area contributed by atoms with Gasteiger partial charge in [0.05, 0.1) is 28.4 Å². The van der Waals surface area contributed by atoms with Gasteiger partial charge in [-0.1, -0.05) is 6.07 Å². The van der Waals surface area contributed by atoms with Crippen molar-refractivity contribution >= 4 is 32.7 Å². The molecule has 0 amide bonds. The van der Waals surface area contributed by atoms with Crippen molar-refractivity contribution < 1.29 is 17.9 Å². The van der Waals surface area contributed by atoms with E-state index < -0.39 is 15.4 Å². The zero-order valence-electron chi connectivity index (χ0n) is 19.4. The van der Waals surface area contributed by atoms with E-state index in [4.69, 9.17) is 4.74 Å². The Morgan fingerprint density at radius 1 is 1.15 bits per heavy atom. The highest BCUT2D eigenvalue weighted by molar-refractivity contribution is 7.88. The van der Waals surface area contributed by atoms with E-state index >= 15 is 0 Å². The van der Waals surface area contributed by atoms with Crippen LogP contribution in [0.2, 0.25) is 0 Å². The molecule has 33 heavy (non-hydrogen) atoms. The Balaban J connectivity index is 1.12. The summed E-state index contributed by atoms with van der Waals surface area (Å²) in [5.41, 5.74) is 2.82. The predicted octanol–water partition coefficient (Wildman–Crippen LogP) is 1.74. The van der Waals surface area contributed by atoms with Crippen molar-refractivity contribution in [3.8, 4) is 0 Å². The maximum atomic E-state index is 12.7. The third-order valence-electron chi connectivity index (χ3n) is 7.57. The maximum Gasteiger partial charge on any atom is 0.312 e. The molecule has 1 atom stereocenters. The SMILES string of the molecule is Cc1nc2cccc(N3CCN(CC[C@@H]4CC5(CCN(S(C)(=O)=O)CC5)C(=O)O4)CC3)c2[nH]1. The zero-order chi connectivity index (χ0) is 23.2. The lowest BCUT2D eigenvalue weighted by molar-refractivity contribution is -0.150. The lowest BCUT2D eigenvalue weighted by Gasteiger charge is -2.36. The summed E-state index contributed by atoms with van der Waals surface area (Å²) < 4.78 is 30.8. The van der Waals surface area contributed by atoms with E-state index in [-0.39, 0.29) is 12.1 Å². The van der Waals surface area contributed by atoms with Gasteiger partial charge >= 0.3 is 5.97 Å². The second kappa shape index (κ2) is 8.56. The van der Waals surface area contributed by atoms with E-state index in [1.807, 2.05) is 13.0 Å². The molecule has 4 heterocycles. The van der Waals surface area contributed by atoms with Gasteiger partial charge < -0.3 is 14.6 Å². The molecular formula is C23H33N5O4S. The summed E-state index contributed by atoms with van der Waals surface area (Å²) in [6.45, 7) is 7.55. The molecule has 0 bridgehead atoms. The molecule has 1 aromatic carbocycles. The minimum Gasteiger partial charge on any atom is -0.462 e. The van der Waals surface area contributed by atoms with Gasteiger partial charge in [-0.05, 0) is 38.3 Å². The molecule has 1 aromatic heterocycles. The molecular weight excluding hydrogens is 442 g/mol. The molecule has 3 aliphatic rings. The standard InChI is InChI=1S/C23H33N5O4S/c1-17-24-19-4-3-5-20(21(19)25-17)27-14-12-26(13-15-27)9-6-18-16-23(22(29)32-18)7-10-28(11-8-23)33(2,30)31/h3-5,18H,6-16H2,1-2H3,(H,24,25)/t18-/m1/s1. The second-order valence-electron chi connectivity index (χ2n) is 9.78. The maximum absolute atomic E-state index is 12.7. The largest absolute Gasteiger partial charge is 0.462 e. The second-order valence-corrected chi connectivity index (χ2v) is 11.8. The first kappa shape index (κ1) is 22.6. The topological polar surface area (TPSA) is 98.8 Å². The summed E-state index contributed by atoms with van der Waals surface area (Å²) in [5.74, 6) is 0.801. The van der Waals surface area contributed by atoms with Gasteiger partial charge in [0.1, 0.15) is 11.9 Å². The number of ether oxygens (including phenoxy) is 1. The summed E-state index contributed by atoms with van der Waals surface area (Å²) in [7, 11) is -3.20. The van der Waals surface area contributed by atoms with Gasteiger partial charge in [0.15, 0.2) is 0 Å². The van der Waals surface area contributed by atoms with Gasteiger partial charge in [0.25, 0.3) is 0 Å². The molecule has 0 radical (unpaired) electrons. The number of benzene rings is 1. The first-order chi connectivity index (χ1) is 15.7. The molecule has 5 rings (SSSR count). The number of para-hydroxylation sites is 1. The van der Waals surface area contributed by atoms with Crippen LogP contribution in [-0.2, 0) is 19.6 Å². The number of nitrogens with one attached hydrogen (secondary N) is 1. The van der Waals surface area contributed by atoms with Crippen molar-refractivity contribution in [1.29, 1.82) is 0 Å². The van der Waals surface area contributed by atoms with E-state index in [0.29, 0.717) is 32.4 Å². The van der Waals surface area contributed by atoms with E-state index in [1.54, 1.807) is 0 Å². The summed E-state index contributed by atoms with van der Waals surface area (Å²) in [5, 5.41) is 0. The first-order valence-electron chi connectivity index (χ1n) is 11.8. The highest BCUT2D eigenvalue weighted by Crippen LogP contribution is 2.44. The van der Waals surface area contributed by atoms with Crippen LogP contribution >= 0.6 is 0 Å². The Kier molecular flexibility index (Phi) is 5.86. The number of rotatable bonds is 5. The molecule has 10 heteroatoms. The number of carbonyl (C=O) groups is 1. The smallest absolute Gasteiger partial charge is 0.312 e. The van der Waals surface area contributed by atoms with Gasteiger partial charge in [0, 0.05) is 52.2 Å². The predicted molar refractivity (Wildman–Crippen MR) is 127 cm³/mol. The molecule has 1 spiro atoms. The van der Waals surface area contributed by atoms with Gasteiger partial charge in [-0.2, -0.15) is 0 Å². The van der Waals surface area contributed by atoms with Crippen molar-refractivity contribution in [3.63, 3.8) is 0 Å². The number of piperazine rings is 1. The molecule has 2 aromatic rings. The van der Waals surface area contributed by atoms with Crippen molar-refractivity contribution in [1.82, 2.24) is 19.2 Å². The van der Waals surface area contributed by atoms with E-state index in [2.05, 4.69) is 31.9 Å². The number of aromatic amines is 1. The number of sulfonamides is 1. The number of fused-ring (bicyclic) bond motifs is 1. The van der Waals surface area contributed by atoms with E-state index in [9.17, 15) is 13.2 Å². The number of imidazole rings is 1. The summed E-state index contributed by atoms with van der Waals surface area (Å²) in [6.07, 6.45) is 3.83. The number of nitrogens with zero attached hydrogens (tertiary/aromatic N) is 4. The Hall–Kier alpha value is -2.17. The van der Waals surface area contributed by atoms with Crippen LogP contribution in [0, 0.1) is 12.3 Å². The molecule has 1 N–H and O–H groups in total. The minimum absolute atomic E-state index is 0.0676. The molecule has 0 saturated carbocycles. The first-order valence-corrected chi connectivity index (χ1v) is 13.7. The van der Waals surface area contributed by atoms with Crippen LogP contribution in [0.3, 0.4) is 0 Å². The molecule has 180 valence electrons. The number of H-pyrrole nitrogens is 1. The highest BCUT2D eigenvalue weighted by atomic mass is 32.2. The zero-order valence-corrected chi connectivity index (χ0v) is 20.2. The molecule has 0 aliphatic carbocycles. The Bertz CT molecular complexity index is 1130. The minimum atomic E-state index is -3.20. The van der Waals surface area contributed by atoms with Gasteiger partial charge in [-0.3, -0.25) is 9.69 Å². The van der Waals surface area contributed by atoms with Crippen LogP contribution in [0.1, 0.15) is 31.5 Å². The van der Waals surface area contributed by atoms with Crippen molar-refractivity contribution in [2.45, 2.75) is 38.7 Å². The third kappa shape index (κ3) is 4.48. The molecule has 3 saturated heterocycles. The monoisotopic (exact) mass is 475 g/mol. The van der Waals surface area contributed by atoms with E-state index in [0.717, 1.165) is 56.0 Å². The number of cyclic esters (lactones) is 1. The quantitative estimate of drug-likeness (QED) is 0.658. The lowest BCUT2D eigenvalue weighted by Crippen LogP contribution is -2.47. The number of aromatic nitrogens is 2. The van der Waals surface area contributed by atoms with Gasteiger partial charge in [0.2, 0.25) is 10.0 Å². The van der Waals surface area contributed by atoms with Crippen LogP contribution < -0.4 is 4.90 Å². The number of hydrogen-bond acceptors (Lipinski definition) is 7. The van der Waals surface area contributed by atoms with Crippen LogP contribution in [0.5, 0.6) is 0 Å². The van der Waals surface area contributed by atoms with Crippen LogP contribution in [0.15, 0.2) is 18.2 Å². The lowest BCUT2D eigenvalue weighted by atomic mass is 9.76. The molecule has 9 nitrogen and oxygen atoms in total. The third-order valence-corrected chi connectivity index (χ3v) is 8.87. The number of hydrogen-bond donors (Lipinski definition) is 1. The fourth-order valence-electron chi connectivity index (χ4n) is 5.59. The highest BCUT2D eigenvalue weighted by Gasteiger charge is 2.51. The van der Waals surface area contributed by atoms with Crippen LogP contribution in [0.4, 0.5) is 5.69 Å². The number of aryl methyl sites for hydroxylation is 1. The van der Waals surface area contributed by atoms with Gasteiger partial charge in [-0.25, -0.2) is 17.7 Å². The normalized spacial score (nSPS) is 24.6. The average Bonchev–Trinajstić information content (AvgIpc) is 3.31. The van der Waals surface area contributed by atoms with E-state index in [1.165, 1.54) is 16.2 Å². The summed E-state index contributed by atoms with van der Waals surface area (Å²) in [6, 6.07) is 6.26. The molecule has 3 fully saturated rings. The fraction of sp³-hybridized carbons (Fsp3) is 0.652. The Morgan fingerprint density at radius 3 is 2.58 bits per heavy atom. The molecule has 0 unspecified atom stereocenters. The number of carbonyl (C=O) groups excluding carboxylic acids is 1. The average molecular weight is 476 g/mol. The van der Waals surface area contributed by atoms with Gasteiger partial charge in [-0.15, -0.1) is 0 Å². The number of piperidine rings is 1. The van der Waals surface area contributed by atoms with Crippen molar-refractivity contribution in [2.75, 3.05) is 57.0 Å². The van der Waals surface area contributed by atoms with Crippen molar-refractivity contribution in [2.24, 2.45) is 5.41 Å². The Morgan fingerprint density at radius 2 is 1.88 bits per heavy atom. The number of anilines is 1. The Labute approximate surface area is 195 Å². The molecule has 3 aliphatic heterocycles. The summed E-state index contributed by atoms with van der Waals surface area (Å²) >= 11 is 0.